The van der Waals surface area contributed by atoms with E-state index in [2.05, 4.69) is 52.5 Å². The number of halogens is 4. The minimum atomic E-state index is -3.82. The Bertz CT molecular complexity index is 789. The monoisotopic (exact) mass is 516 g/mol. The van der Waals surface area contributed by atoms with Crippen LogP contribution < -0.4 is 10.5 Å². The van der Waals surface area contributed by atoms with Gasteiger partial charge in [0.2, 0.25) is 0 Å². The van der Waals surface area contributed by atoms with Gasteiger partial charge < -0.3 is 5.73 Å². The molecule has 4 nitrogen and oxygen atoms in total. The quantitative estimate of drug-likeness (QED) is 0.561. The number of hydrogen-bond acceptors (Lipinski definition) is 3. The molecule has 0 bridgehead atoms. The van der Waals surface area contributed by atoms with Crippen LogP contribution in [0.25, 0.3) is 0 Å². The van der Waals surface area contributed by atoms with Gasteiger partial charge in [0.05, 0.1) is 10.7 Å². The van der Waals surface area contributed by atoms with Crippen LogP contribution in [0, 0.1) is 0 Å². The first-order chi connectivity index (χ1) is 9.70. The molecule has 2 aromatic carbocycles. The van der Waals surface area contributed by atoms with Crippen molar-refractivity contribution in [3.05, 3.63) is 48.8 Å². The van der Waals surface area contributed by atoms with E-state index in [9.17, 15) is 8.42 Å². The van der Waals surface area contributed by atoms with E-state index in [0.29, 0.717) is 24.8 Å². The minimum absolute atomic E-state index is 0.0111. The second-order valence-corrected chi connectivity index (χ2v) is 8.72. The summed E-state index contributed by atoms with van der Waals surface area (Å²) in [6.45, 7) is 0. The Morgan fingerprint density at radius 3 is 2.14 bits per heavy atom. The second kappa shape index (κ2) is 6.45. The summed E-state index contributed by atoms with van der Waals surface area (Å²) in [6.07, 6.45) is 0. The fourth-order valence-corrected chi connectivity index (χ4v) is 5.39. The molecular formula is C12H8Br3ClN2O2S. The van der Waals surface area contributed by atoms with E-state index in [1.165, 1.54) is 12.1 Å². The number of nitrogens with one attached hydrogen (secondary N) is 1. The maximum atomic E-state index is 12.4. The van der Waals surface area contributed by atoms with Crippen LogP contribution in [0.4, 0.5) is 11.4 Å². The zero-order valence-electron chi connectivity index (χ0n) is 10.2. The first kappa shape index (κ1) is 17.1. The molecule has 2 rings (SSSR count). The molecule has 3 N–H and O–H groups in total. The van der Waals surface area contributed by atoms with E-state index < -0.39 is 10.0 Å². The Kier molecular flexibility index (Phi) is 5.25. The fourth-order valence-electron chi connectivity index (χ4n) is 1.57. The van der Waals surface area contributed by atoms with Gasteiger partial charge in [0.25, 0.3) is 10.0 Å². The Hall–Kier alpha value is -0.280. The lowest BCUT2D eigenvalue weighted by Gasteiger charge is -2.13. The highest BCUT2D eigenvalue weighted by Crippen LogP contribution is 2.36. The topological polar surface area (TPSA) is 72.2 Å². The summed E-state index contributed by atoms with van der Waals surface area (Å²) in [5.41, 5.74) is 6.53. The average Bonchev–Trinajstić information content (AvgIpc) is 2.33. The highest BCUT2D eigenvalue weighted by atomic mass is 79.9. The molecule has 0 aliphatic rings. The molecule has 0 fully saturated rings. The van der Waals surface area contributed by atoms with Gasteiger partial charge in [-0.2, -0.15) is 0 Å². The highest BCUT2D eigenvalue weighted by Gasteiger charge is 2.20. The van der Waals surface area contributed by atoms with E-state index >= 15 is 0 Å². The van der Waals surface area contributed by atoms with Crippen molar-refractivity contribution in [2.24, 2.45) is 0 Å². The van der Waals surface area contributed by atoms with E-state index in [1.807, 2.05) is 0 Å². The Morgan fingerprint density at radius 1 is 1.05 bits per heavy atom. The summed E-state index contributed by atoms with van der Waals surface area (Å²) >= 11 is 15.8. The van der Waals surface area contributed by atoms with Crippen LogP contribution in [0.2, 0.25) is 5.02 Å². The smallest absolute Gasteiger partial charge is 0.263 e. The first-order valence-electron chi connectivity index (χ1n) is 5.43. The molecule has 0 radical (unpaired) electrons. The van der Waals surface area contributed by atoms with E-state index in [4.69, 9.17) is 17.3 Å². The molecule has 21 heavy (non-hydrogen) atoms. The summed E-state index contributed by atoms with van der Waals surface area (Å²) in [5, 5.41) is 0.125. The van der Waals surface area contributed by atoms with Crippen molar-refractivity contribution in [1.29, 1.82) is 0 Å². The summed E-state index contributed by atoms with van der Waals surface area (Å²) < 4.78 is 29.1. The second-order valence-electron chi connectivity index (χ2n) is 4.04. The van der Waals surface area contributed by atoms with E-state index in [0.717, 1.165) is 0 Å². The number of sulfonamides is 1. The van der Waals surface area contributed by atoms with Crippen molar-refractivity contribution in [2.45, 2.75) is 4.90 Å². The molecule has 0 unspecified atom stereocenters. The van der Waals surface area contributed by atoms with Gasteiger partial charge in [0.1, 0.15) is 4.90 Å². The molecule has 0 heterocycles. The molecular weight excluding hydrogens is 511 g/mol. The Balaban J connectivity index is 2.47. The summed E-state index contributed by atoms with van der Waals surface area (Å²) in [7, 11) is -3.82. The number of rotatable bonds is 3. The lowest BCUT2D eigenvalue weighted by Crippen LogP contribution is -2.14. The SMILES string of the molecule is Nc1cc(Br)c(NS(=O)(=O)c2ccc(Br)cc2Cl)c(Br)c1. The van der Waals surface area contributed by atoms with Crippen LogP contribution in [0.1, 0.15) is 0 Å². The Morgan fingerprint density at radius 2 is 1.62 bits per heavy atom. The average molecular weight is 519 g/mol. The van der Waals surface area contributed by atoms with Crippen molar-refractivity contribution < 1.29 is 8.42 Å². The molecule has 112 valence electrons. The van der Waals surface area contributed by atoms with Crippen LogP contribution >= 0.6 is 59.4 Å². The van der Waals surface area contributed by atoms with Crippen LogP contribution in [0.15, 0.2) is 48.6 Å². The van der Waals surface area contributed by atoms with Crippen molar-refractivity contribution >= 4 is 80.8 Å². The fraction of sp³-hybridized carbons (Fsp3) is 0. The molecule has 0 saturated carbocycles. The summed E-state index contributed by atoms with van der Waals surface area (Å²) in [5.74, 6) is 0. The van der Waals surface area contributed by atoms with Gasteiger partial charge in [0, 0.05) is 19.1 Å². The third kappa shape index (κ3) is 3.92. The predicted molar refractivity (Wildman–Crippen MR) is 96.2 cm³/mol. The van der Waals surface area contributed by atoms with Gasteiger partial charge in [-0.15, -0.1) is 0 Å². The van der Waals surface area contributed by atoms with Gasteiger partial charge in [-0.3, -0.25) is 4.72 Å². The van der Waals surface area contributed by atoms with Crippen molar-refractivity contribution in [1.82, 2.24) is 0 Å². The lowest BCUT2D eigenvalue weighted by molar-refractivity contribution is 0.601. The molecule has 0 aliphatic heterocycles. The standard InChI is InChI=1S/C12H8Br3ClN2O2S/c13-6-1-2-11(10(16)3-6)21(19,20)18-12-8(14)4-7(17)5-9(12)15/h1-5,18H,17H2. The lowest BCUT2D eigenvalue weighted by atomic mass is 10.3. The third-order valence-corrected chi connectivity index (χ3v) is 6.06. The zero-order valence-corrected chi connectivity index (χ0v) is 16.5. The molecule has 0 aromatic heterocycles. The van der Waals surface area contributed by atoms with Crippen molar-refractivity contribution in [3.8, 4) is 0 Å². The first-order valence-corrected chi connectivity index (χ1v) is 9.67. The molecule has 0 aliphatic carbocycles. The molecule has 0 saturated heterocycles. The minimum Gasteiger partial charge on any atom is -0.399 e. The molecule has 0 spiro atoms. The highest BCUT2D eigenvalue weighted by molar-refractivity contribution is 9.11. The van der Waals surface area contributed by atoms with E-state index in [-0.39, 0.29) is 9.92 Å². The van der Waals surface area contributed by atoms with Gasteiger partial charge in [-0.25, -0.2) is 8.42 Å². The Labute approximate surface area is 152 Å². The number of nitrogen functional groups attached to an aromatic ring is 1. The predicted octanol–water partition coefficient (Wildman–Crippen LogP) is 5.01. The molecule has 0 amide bonds. The number of hydrogen-bond donors (Lipinski definition) is 2. The van der Waals surface area contributed by atoms with Crippen LogP contribution in [0.5, 0.6) is 0 Å². The summed E-state index contributed by atoms with van der Waals surface area (Å²) in [4.78, 5) is -0.0111. The van der Waals surface area contributed by atoms with Crippen molar-refractivity contribution in [2.75, 3.05) is 10.5 Å². The van der Waals surface area contributed by atoms with Gasteiger partial charge in [0.15, 0.2) is 0 Å². The molecule has 9 heteroatoms. The van der Waals surface area contributed by atoms with Crippen molar-refractivity contribution in [3.63, 3.8) is 0 Å². The number of benzene rings is 2. The van der Waals surface area contributed by atoms with Gasteiger partial charge in [-0.05, 0) is 62.2 Å². The zero-order chi connectivity index (χ0) is 15.8. The number of nitrogens with two attached hydrogens (primary N) is 1. The van der Waals surface area contributed by atoms with Gasteiger partial charge >= 0.3 is 0 Å². The van der Waals surface area contributed by atoms with Crippen LogP contribution in [-0.2, 0) is 10.0 Å². The maximum absolute atomic E-state index is 12.4. The van der Waals surface area contributed by atoms with Crippen LogP contribution in [0.3, 0.4) is 0 Å². The summed E-state index contributed by atoms with van der Waals surface area (Å²) in [6, 6.07) is 7.75. The van der Waals surface area contributed by atoms with E-state index in [1.54, 1.807) is 18.2 Å². The normalized spacial score (nSPS) is 11.4. The third-order valence-electron chi connectivity index (χ3n) is 2.48. The van der Waals surface area contributed by atoms with Gasteiger partial charge in [-0.1, -0.05) is 27.5 Å². The largest absolute Gasteiger partial charge is 0.399 e. The molecule has 2 aromatic rings. The van der Waals surface area contributed by atoms with Crippen LogP contribution in [-0.4, -0.2) is 8.42 Å². The number of anilines is 2. The molecule has 0 atom stereocenters. The maximum Gasteiger partial charge on any atom is 0.263 e.